The van der Waals surface area contributed by atoms with Gasteiger partial charge in [-0.2, -0.15) is 5.10 Å². The van der Waals surface area contributed by atoms with Crippen molar-refractivity contribution in [3.8, 4) is 0 Å². The summed E-state index contributed by atoms with van der Waals surface area (Å²) >= 11 is 0. The number of aromatic nitrogens is 3. The van der Waals surface area contributed by atoms with E-state index in [-0.39, 0.29) is 6.61 Å². The molecule has 1 atom stereocenters. The lowest BCUT2D eigenvalue weighted by Gasteiger charge is -2.36. The molecule has 1 unspecified atom stereocenters. The molecule has 0 saturated carbocycles. The van der Waals surface area contributed by atoms with Crippen molar-refractivity contribution in [3.63, 3.8) is 0 Å². The van der Waals surface area contributed by atoms with E-state index in [1.54, 1.807) is 0 Å². The number of hydrogen-bond donors (Lipinski definition) is 3. The van der Waals surface area contributed by atoms with Crippen LogP contribution < -0.4 is 10.2 Å². The molecule has 1 saturated heterocycles. The van der Waals surface area contributed by atoms with E-state index in [2.05, 4.69) is 44.5 Å². The van der Waals surface area contributed by atoms with E-state index in [0.29, 0.717) is 6.04 Å². The van der Waals surface area contributed by atoms with Crippen molar-refractivity contribution in [1.29, 1.82) is 0 Å². The molecule has 0 aromatic carbocycles. The first kappa shape index (κ1) is 17.9. The molecule has 1 aliphatic rings. The Hall–Kier alpha value is -1.92. The number of aliphatic hydroxyl groups excluding tert-OH is 1. The highest BCUT2D eigenvalue weighted by atomic mass is 16.3. The quantitative estimate of drug-likeness (QED) is 0.720. The second-order valence-corrected chi connectivity index (χ2v) is 6.90. The Morgan fingerprint density at radius 2 is 2.16 bits per heavy atom. The molecule has 2 aromatic rings. The van der Waals surface area contributed by atoms with Crippen molar-refractivity contribution in [3.05, 3.63) is 40.8 Å². The van der Waals surface area contributed by atoms with Crippen LogP contribution in [0.1, 0.15) is 48.2 Å². The SMILES string of the molecule is Cc1n[nH]c(C)c1CNCc1ccc(N2CCCCC2CCO)nc1. The van der Waals surface area contributed by atoms with Gasteiger partial charge in [0.2, 0.25) is 0 Å². The Balaban J connectivity index is 1.56. The monoisotopic (exact) mass is 343 g/mol. The third kappa shape index (κ3) is 4.38. The minimum atomic E-state index is 0.246. The fourth-order valence-corrected chi connectivity index (χ4v) is 3.61. The number of hydrogen-bond acceptors (Lipinski definition) is 5. The zero-order chi connectivity index (χ0) is 17.6. The normalized spacial score (nSPS) is 17.9. The summed E-state index contributed by atoms with van der Waals surface area (Å²) in [5.74, 6) is 1.03. The smallest absolute Gasteiger partial charge is 0.128 e. The molecule has 3 rings (SSSR count). The van der Waals surface area contributed by atoms with Gasteiger partial charge >= 0.3 is 0 Å². The lowest BCUT2D eigenvalue weighted by Crippen LogP contribution is -2.40. The molecule has 2 aromatic heterocycles. The van der Waals surface area contributed by atoms with Crippen LogP contribution in [0, 0.1) is 13.8 Å². The summed E-state index contributed by atoms with van der Waals surface area (Å²) in [7, 11) is 0. The molecular weight excluding hydrogens is 314 g/mol. The molecule has 0 radical (unpaired) electrons. The third-order valence-corrected chi connectivity index (χ3v) is 5.10. The number of nitrogens with zero attached hydrogens (tertiary/aromatic N) is 3. The molecule has 3 N–H and O–H groups in total. The second kappa shape index (κ2) is 8.45. The van der Waals surface area contributed by atoms with Crippen LogP contribution in [0.15, 0.2) is 18.3 Å². The van der Waals surface area contributed by atoms with Crippen LogP contribution in [0.3, 0.4) is 0 Å². The zero-order valence-corrected chi connectivity index (χ0v) is 15.3. The van der Waals surface area contributed by atoms with Gasteiger partial charge in [-0.1, -0.05) is 6.07 Å². The van der Waals surface area contributed by atoms with E-state index in [1.165, 1.54) is 24.0 Å². The van der Waals surface area contributed by atoms with E-state index in [9.17, 15) is 5.11 Å². The molecule has 0 amide bonds. The van der Waals surface area contributed by atoms with Crippen molar-refractivity contribution in [2.24, 2.45) is 0 Å². The van der Waals surface area contributed by atoms with Gasteiger partial charge in [0.15, 0.2) is 0 Å². The molecule has 0 aliphatic carbocycles. The van der Waals surface area contributed by atoms with Crippen molar-refractivity contribution in [1.82, 2.24) is 20.5 Å². The van der Waals surface area contributed by atoms with Crippen LogP contribution in [0.5, 0.6) is 0 Å². The van der Waals surface area contributed by atoms with Gasteiger partial charge in [-0.3, -0.25) is 5.10 Å². The third-order valence-electron chi connectivity index (χ3n) is 5.10. The summed E-state index contributed by atoms with van der Waals surface area (Å²) in [5.41, 5.74) is 4.60. The summed E-state index contributed by atoms with van der Waals surface area (Å²) in [6.45, 7) is 6.95. The number of pyridine rings is 1. The standard InChI is InChI=1S/C19H29N5O/c1-14-18(15(2)23-22-14)13-20-11-16-6-7-19(21-12-16)24-9-4-3-5-17(24)8-10-25/h6-7,12,17,20,25H,3-5,8-11,13H2,1-2H3,(H,22,23). The Labute approximate surface area is 149 Å². The number of nitrogens with one attached hydrogen (secondary N) is 2. The van der Waals surface area contributed by atoms with E-state index in [1.807, 2.05) is 13.1 Å². The summed E-state index contributed by atoms with van der Waals surface area (Å²) in [5, 5.41) is 20.0. The van der Waals surface area contributed by atoms with Crippen molar-refractivity contribution >= 4 is 5.82 Å². The molecule has 1 aliphatic heterocycles. The summed E-state index contributed by atoms with van der Waals surface area (Å²) in [4.78, 5) is 7.03. The number of anilines is 1. The maximum Gasteiger partial charge on any atom is 0.128 e. The average Bonchev–Trinajstić information content (AvgIpc) is 2.95. The maximum atomic E-state index is 9.28. The number of aromatic amines is 1. The minimum absolute atomic E-state index is 0.246. The van der Waals surface area contributed by atoms with Gasteiger partial charge in [0, 0.05) is 49.7 Å². The molecule has 1 fully saturated rings. The van der Waals surface area contributed by atoms with Crippen LogP contribution in [0.4, 0.5) is 5.82 Å². The predicted octanol–water partition coefficient (Wildman–Crippen LogP) is 2.45. The molecule has 136 valence electrons. The summed E-state index contributed by atoms with van der Waals surface area (Å²) < 4.78 is 0. The van der Waals surface area contributed by atoms with Gasteiger partial charge in [-0.05, 0) is 51.2 Å². The topological polar surface area (TPSA) is 77.1 Å². The van der Waals surface area contributed by atoms with Gasteiger partial charge in [-0.15, -0.1) is 0 Å². The molecule has 6 nitrogen and oxygen atoms in total. The van der Waals surface area contributed by atoms with E-state index >= 15 is 0 Å². The lowest BCUT2D eigenvalue weighted by atomic mass is 9.99. The Morgan fingerprint density at radius 1 is 1.28 bits per heavy atom. The first-order valence-electron chi connectivity index (χ1n) is 9.22. The first-order valence-corrected chi connectivity index (χ1v) is 9.22. The van der Waals surface area contributed by atoms with E-state index < -0.39 is 0 Å². The molecule has 3 heterocycles. The van der Waals surface area contributed by atoms with Crippen LogP contribution in [0.2, 0.25) is 0 Å². The largest absolute Gasteiger partial charge is 0.396 e. The Kier molecular flexibility index (Phi) is 6.04. The molecule has 0 bridgehead atoms. The molecular formula is C19H29N5O. The Morgan fingerprint density at radius 3 is 2.84 bits per heavy atom. The number of aryl methyl sites for hydroxylation is 2. The van der Waals surface area contributed by atoms with Gasteiger partial charge < -0.3 is 15.3 Å². The first-order chi connectivity index (χ1) is 12.2. The van der Waals surface area contributed by atoms with Gasteiger partial charge in [0.1, 0.15) is 5.82 Å². The highest BCUT2D eigenvalue weighted by molar-refractivity contribution is 5.41. The maximum absolute atomic E-state index is 9.28. The zero-order valence-electron chi connectivity index (χ0n) is 15.3. The van der Waals surface area contributed by atoms with Gasteiger partial charge in [0.25, 0.3) is 0 Å². The van der Waals surface area contributed by atoms with Crippen molar-refractivity contribution < 1.29 is 5.11 Å². The number of piperidine rings is 1. The van der Waals surface area contributed by atoms with Crippen molar-refractivity contribution in [2.45, 2.75) is 58.7 Å². The van der Waals surface area contributed by atoms with Crippen LogP contribution >= 0.6 is 0 Å². The molecule has 0 spiro atoms. The lowest BCUT2D eigenvalue weighted by molar-refractivity contribution is 0.262. The van der Waals surface area contributed by atoms with Crippen molar-refractivity contribution in [2.75, 3.05) is 18.1 Å². The van der Waals surface area contributed by atoms with Gasteiger partial charge in [0.05, 0.1) is 5.69 Å². The predicted molar refractivity (Wildman–Crippen MR) is 99.5 cm³/mol. The number of H-pyrrole nitrogens is 1. The van der Waals surface area contributed by atoms with Crippen LogP contribution in [0.25, 0.3) is 0 Å². The highest BCUT2D eigenvalue weighted by Crippen LogP contribution is 2.25. The highest BCUT2D eigenvalue weighted by Gasteiger charge is 2.22. The van der Waals surface area contributed by atoms with Crippen LogP contribution in [-0.4, -0.2) is 39.5 Å². The average molecular weight is 343 g/mol. The number of rotatable bonds is 7. The Bertz CT molecular complexity index is 645. The molecule has 6 heteroatoms. The molecule has 25 heavy (non-hydrogen) atoms. The van der Waals surface area contributed by atoms with E-state index in [0.717, 1.165) is 49.7 Å². The fourth-order valence-electron chi connectivity index (χ4n) is 3.61. The van der Waals surface area contributed by atoms with E-state index in [4.69, 9.17) is 0 Å². The fraction of sp³-hybridized carbons (Fsp3) is 0.579. The second-order valence-electron chi connectivity index (χ2n) is 6.90. The summed E-state index contributed by atoms with van der Waals surface area (Å²) in [6.07, 6.45) is 6.39. The summed E-state index contributed by atoms with van der Waals surface area (Å²) in [6, 6.07) is 4.68. The number of aliphatic hydroxyl groups is 1. The minimum Gasteiger partial charge on any atom is -0.396 e. The van der Waals surface area contributed by atoms with Gasteiger partial charge in [-0.25, -0.2) is 4.98 Å². The van der Waals surface area contributed by atoms with Crippen LogP contribution in [-0.2, 0) is 13.1 Å².